The van der Waals surface area contributed by atoms with E-state index in [1.54, 1.807) is 24.3 Å². The molecule has 0 aromatic heterocycles. The topological polar surface area (TPSA) is 87.7 Å². The molecule has 0 spiro atoms. The van der Waals surface area contributed by atoms with Crippen molar-refractivity contribution in [3.8, 4) is 5.75 Å². The lowest BCUT2D eigenvalue weighted by Gasteiger charge is -2.22. The molecule has 2 aliphatic rings. The Bertz CT molecular complexity index is 776. The van der Waals surface area contributed by atoms with Crippen LogP contribution in [-0.4, -0.2) is 51.5 Å². The van der Waals surface area contributed by atoms with Crippen LogP contribution in [0.15, 0.2) is 29.2 Å². The summed E-state index contributed by atoms with van der Waals surface area (Å²) < 4.78 is 32.6. The summed E-state index contributed by atoms with van der Waals surface area (Å²) in [6, 6.07) is 6.79. The monoisotopic (exact) mass is 423 g/mol. The van der Waals surface area contributed by atoms with Gasteiger partial charge in [0, 0.05) is 25.7 Å². The largest absolute Gasteiger partial charge is 0.495 e. The number of nitrogens with one attached hydrogen (secondary N) is 2. The Morgan fingerprint density at radius 1 is 1.10 bits per heavy atom. The van der Waals surface area contributed by atoms with Crippen LogP contribution in [0.3, 0.4) is 0 Å². The lowest BCUT2D eigenvalue weighted by atomic mass is 9.97. The number of urea groups is 1. The molecule has 29 heavy (non-hydrogen) atoms. The molecule has 8 heteroatoms. The predicted molar refractivity (Wildman–Crippen MR) is 113 cm³/mol. The normalized spacial score (nSPS) is 21.9. The number of amides is 2. The van der Waals surface area contributed by atoms with Gasteiger partial charge in [-0.2, -0.15) is 4.31 Å². The van der Waals surface area contributed by atoms with Gasteiger partial charge < -0.3 is 15.4 Å². The Hall–Kier alpha value is -1.80. The summed E-state index contributed by atoms with van der Waals surface area (Å²) in [5.41, 5.74) is 0. The standard InChI is InChI=1S/C21H33N3O4S/c1-28-19-11-7-8-12-20(19)29(26,27)24-14-13-17(16-24)15-22-21(25)23-18-9-5-3-2-4-6-10-18/h7-8,11-12,17-18H,2-6,9-10,13-16H2,1H3,(H2,22,23,25). The van der Waals surface area contributed by atoms with Crippen molar-refractivity contribution in [2.24, 2.45) is 5.92 Å². The van der Waals surface area contributed by atoms with E-state index in [1.165, 1.54) is 43.5 Å². The van der Waals surface area contributed by atoms with Gasteiger partial charge in [0.1, 0.15) is 10.6 Å². The predicted octanol–water partition coefficient (Wildman–Crippen LogP) is 3.12. The van der Waals surface area contributed by atoms with Gasteiger partial charge in [0.05, 0.1) is 7.11 Å². The number of rotatable bonds is 6. The van der Waals surface area contributed by atoms with Crippen LogP contribution in [0.25, 0.3) is 0 Å². The Kier molecular flexibility index (Phi) is 7.77. The van der Waals surface area contributed by atoms with Gasteiger partial charge in [0.25, 0.3) is 0 Å². The lowest BCUT2D eigenvalue weighted by Crippen LogP contribution is -2.44. The molecule has 3 rings (SSSR count). The van der Waals surface area contributed by atoms with E-state index in [-0.39, 0.29) is 22.9 Å². The molecule has 7 nitrogen and oxygen atoms in total. The number of carbonyl (C=O) groups excluding carboxylic acids is 1. The molecule has 1 aromatic carbocycles. The van der Waals surface area contributed by atoms with Crippen molar-refractivity contribution >= 4 is 16.1 Å². The zero-order valence-corrected chi connectivity index (χ0v) is 18.0. The van der Waals surface area contributed by atoms with Gasteiger partial charge in [0.2, 0.25) is 10.0 Å². The van der Waals surface area contributed by atoms with Crippen LogP contribution in [0.2, 0.25) is 0 Å². The molecule has 0 bridgehead atoms. The molecule has 1 aliphatic heterocycles. The van der Waals surface area contributed by atoms with E-state index in [0.717, 1.165) is 19.3 Å². The first-order valence-corrected chi connectivity index (χ1v) is 12.1. The van der Waals surface area contributed by atoms with Crippen LogP contribution in [0.4, 0.5) is 4.79 Å². The Balaban J connectivity index is 1.48. The van der Waals surface area contributed by atoms with E-state index >= 15 is 0 Å². The van der Waals surface area contributed by atoms with E-state index in [0.29, 0.717) is 25.4 Å². The molecule has 1 aromatic rings. The zero-order valence-electron chi connectivity index (χ0n) is 17.2. The van der Waals surface area contributed by atoms with Crippen LogP contribution in [0.1, 0.15) is 51.4 Å². The molecule has 1 heterocycles. The molecule has 1 saturated carbocycles. The summed E-state index contributed by atoms with van der Waals surface area (Å²) >= 11 is 0. The number of sulfonamides is 1. The van der Waals surface area contributed by atoms with Gasteiger partial charge in [-0.25, -0.2) is 13.2 Å². The van der Waals surface area contributed by atoms with E-state index < -0.39 is 10.0 Å². The van der Waals surface area contributed by atoms with Crippen LogP contribution in [0, 0.1) is 5.92 Å². The van der Waals surface area contributed by atoms with Gasteiger partial charge in [0.15, 0.2) is 0 Å². The number of hydrogen-bond donors (Lipinski definition) is 2. The zero-order chi connectivity index (χ0) is 20.7. The lowest BCUT2D eigenvalue weighted by molar-refractivity contribution is 0.232. The molecule has 1 aliphatic carbocycles. The van der Waals surface area contributed by atoms with Crippen molar-refractivity contribution in [3.63, 3.8) is 0 Å². The Morgan fingerprint density at radius 2 is 1.79 bits per heavy atom. The number of ether oxygens (including phenoxy) is 1. The minimum absolute atomic E-state index is 0.113. The highest BCUT2D eigenvalue weighted by Gasteiger charge is 2.34. The Morgan fingerprint density at radius 3 is 2.52 bits per heavy atom. The van der Waals surface area contributed by atoms with Gasteiger partial charge in [-0.05, 0) is 37.3 Å². The molecule has 2 N–H and O–H groups in total. The van der Waals surface area contributed by atoms with Gasteiger partial charge >= 0.3 is 6.03 Å². The maximum atomic E-state index is 13.0. The molecule has 162 valence electrons. The van der Waals surface area contributed by atoms with Crippen molar-refractivity contribution in [2.45, 2.75) is 62.3 Å². The molecule has 2 fully saturated rings. The summed E-state index contributed by atoms with van der Waals surface area (Å²) in [4.78, 5) is 12.5. The first-order valence-electron chi connectivity index (χ1n) is 10.7. The van der Waals surface area contributed by atoms with Crippen molar-refractivity contribution in [1.29, 1.82) is 0 Å². The third kappa shape index (κ3) is 5.85. The number of benzene rings is 1. The maximum absolute atomic E-state index is 13.0. The molecular formula is C21H33N3O4S. The van der Waals surface area contributed by atoms with E-state index in [1.807, 2.05) is 0 Å². The van der Waals surface area contributed by atoms with Crippen LogP contribution in [-0.2, 0) is 10.0 Å². The summed E-state index contributed by atoms with van der Waals surface area (Å²) in [6.07, 6.45) is 8.96. The van der Waals surface area contributed by atoms with Crippen molar-refractivity contribution in [3.05, 3.63) is 24.3 Å². The summed E-state index contributed by atoms with van der Waals surface area (Å²) in [7, 11) is -2.13. The van der Waals surface area contributed by atoms with E-state index in [2.05, 4.69) is 10.6 Å². The second-order valence-corrected chi connectivity index (χ2v) is 9.97. The highest BCUT2D eigenvalue weighted by atomic mass is 32.2. The summed E-state index contributed by atoms with van der Waals surface area (Å²) in [6.45, 7) is 1.34. The SMILES string of the molecule is COc1ccccc1S(=O)(=O)N1CCC(CNC(=O)NC2CCCCCCC2)C1. The smallest absolute Gasteiger partial charge is 0.315 e. The highest BCUT2D eigenvalue weighted by Crippen LogP contribution is 2.29. The number of para-hydroxylation sites is 1. The molecule has 1 atom stereocenters. The third-order valence-corrected chi connectivity index (χ3v) is 7.83. The quantitative estimate of drug-likeness (QED) is 0.736. The first-order chi connectivity index (χ1) is 14.0. The fraction of sp³-hybridized carbons (Fsp3) is 0.667. The third-order valence-electron chi connectivity index (χ3n) is 5.93. The highest BCUT2D eigenvalue weighted by molar-refractivity contribution is 7.89. The van der Waals surface area contributed by atoms with Crippen LogP contribution >= 0.6 is 0 Å². The van der Waals surface area contributed by atoms with E-state index in [4.69, 9.17) is 4.74 Å². The fourth-order valence-corrected chi connectivity index (χ4v) is 5.91. The second-order valence-electron chi connectivity index (χ2n) is 8.07. The number of carbonyl (C=O) groups is 1. The molecular weight excluding hydrogens is 390 g/mol. The number of methoxy groups -OCH3 is 1. The number of nitrogens with zero attached hydrogens (tertiary/aromatic N) is 1. The van der Waals surface area contributed by atoms with E-state index in [9.17, 15) is 13.2 Å². The molecule has 1 unspecified atom stereocenters. The Labute approximate surface area is 174 Å². The van der Waals surface area contributed by atoms with Gasteiger partial charge in [-0.3, -0.25) is 0 Å². The van der Waals surface area contributed by atoms with Crippen molar-refractivity contribution in [1.82, 2.24) is 14.9 Å². The van der Waals surface area contributed by atoms with Crippen LogP contribution in [0.5, 0.6) is 5.75 Å². The average molecular weight is 424 g/mol. The van der Waals surface area contributed by atoms with Crippen LogP contribution < -0.4 is 15.4 Å². The minimum Gasteiger partial charge on any atom is -0.495 e. The van der Waals surface area contributed by atoms with Gasteiger partial charge in [-0.15, -0.1) is 0 Å². The maximum Gasteiger partial charge on any atom is 0.315 e. The molecule has 2 amide bonds. The molecule has 0 radical (unpaired) electrons. The van der Waals surface area contributed by atoms with Crippen molar-refractivity contribution in [2.75, 3.05) is 26.7 Å². The minimum atomic E-state index is -3.60. The van der Waals surface area contributed by atoms with Gasteiger partial charge in [-0.1, -0.05) is 44.2 Å². The fourth-order valence-electron chi connectivity index (χ4n) is 4.23. The summed E-state index contributed by atoms with van der Waals surface area (Å²) in [5, 5.41) is 6.04. The number of hydrogen-bond acceptors (Lipinski definition) is 4. The first kappa shape index (κ1) is 21.9. The van der Waals surface area contributed by atoms with Crippen molar-refractivity contribution < 1.29 is 17.9 Å². The second kappa shape index (κ2) is 10.3. The molecule has 1 saturated heterocycles. The average Bonchev–Trinajstić information content (AvgIpc) is 3.18. The summed E-state index contributed by atoms with van der Waals surface area (Å²) in [5.74, 6) is 0.468.